The minimum Gasteiger partial charge on any atom is -0.440 e. The topological polar surface area (TPSA) is 102 Å². The first-order chi connectivity index (χ1) is 17.4. The Morgan fingerprint density at radius 2 is 1.92 bits per heavy atom. The maximum atomic E-state index is 13.2. The smallest absolute Gasteiger partial charge is 0.270 e. The van der Waals surface area contributed by atoms with E-state index in [2.05, 4.69) is 17.2 Å². The Kier molecular flexibility index (Phi) is 5.89. The molecular formula is C28H28N6O2. The molecule has 0 amide bonds. The first kappa shape index (κ1) is 23.4. The summed E-state index contributed by atoms with van der Waals surface area (Å²) in [6, 6.07) is 12.1. The molecule has 0 bridgehead atoms. The summed E-state index contributed by atoms with van der Waals surface area (Å²) >= 11 is 0. The fourth-order valence-corrected chi connectivity index (χ4v) is 5.26. The van der Waals surface area contributed by atoms with E-state index >= 15 is 0 Å². The Morgan fingerprint density at radius 3 is 2.58 bits per heavy atom. The highest BCUT2D eigenvalue weighted by Crippen LogP contribution is 2.37. The zero-order chi connectivity index (χ0) is 25.6. The molecule has 0 N–H and O–H groups in total. The van der Waals surface area contributed by atoms with Crippen LogP contribution in [-0.4, -0.2) is 29.2 Å². The van der Waals surface area contributed by atoms with E-state index in [9.17, 15) is 15.3 Å². The van der Waals surface area contributed by atoms with Gasteiger partial charge >= 0.3 is 0 Å². The SMILES string of the molecule is CCN(C#N)c1cc2c(cc1C)c(N1CCC(c3nc4cc(C)ccc4o3)CC1)c(C#N)c(=O)n2C. The maximum Gasteiger partial charge on any atom is 0.270 e. The van der Waals surface area contributed by atoms with E-state index in [1.165, 1.54) is 4.57 Å². The summed E-state index contributed by atoms with van der Waals surface area (Å²) < 4.78 is 7.57. The second-order valence-electron chi connectivity index (χ2n) is 9.48. The normalized spacial score (nSPS) is 14.2. The van der Waals surface area contributed by atoms with Gasteiger partial charge < -0.3 is 13.9 Å². The van der Waals surface area contributed by atoms with Crippen LogP contribution >= 0.6 is 0 Å². The number of fused-ring (bicyclic) bond motifs is 2. The molecule has 0 spiro atoms. The van der Waals surface area contributed by atoms with Gasteiger partial charge in [-0.25, -0.2) is 4.98 Å². The van der Waals surface area contributed by atoms with E-state index in [1.54, 1.807) is 11.9 Å². The second kappa shape index (κ2) is 9.05. The van der Waals surface area contributed by atoms with Gasteiger partial charge in [-0.05, 0) is 69.0 Å². The van der Waals surface area contributed by atoms with Crippen LogP contribution in [-0.2, 0) is 7.05 Å². The van der Waals surface area contributed by atoms with E-state index < -0.39 is 0 Å². The third-order valence-electron chi connectivity index (χ3n) is 7.25. The summed E-state index contributed by atoms with van der Waals surface area (Å²) in [5, 5.41) is 20.4. The lowest BCUT2D eigenvalue weighted by Crippen LogP contribution is -2.36. The Morgan fingerprint density at radius 1 is 1.17 bits per heavy atom. The third kappa shape index (κ3) is 3.76. The summed E-state index contributed by atoms with van der Waals surface area (Å²) in [4.78, 5) is 21.7. The number of hydrogen-bond acceptors (Lipinski definition) is 7. The molecule has 182 valence electrons. The number of oxazole rings is 1. The molecular weight excluding hydrogens is 452 g/mol. The molecule has 2 aromatic carbocycles. The molecule has 0 saturated carbocycles. The van der Waals surface area contributed by atoms with Crippen molar-refractivity contribution in [3.8, 4) is 12.3 Å². The van der Waals surface area contributed by atoms with Crippen molar-refractivity contribution < 1.29 is 4.42 Å². The molecule has 0 radical (unpaired) electrons. The van der Waals surface area contributed by atoms with Crippen molar-refractivity contribution in [3.63, 3.8) is 0 Å². The van der Waals surface area contributed by atoms with E-state index in [0.29, 0.717) is 30.8 Å². The number of pyridine rings is 1. The first-order valence-electron chi connectivity index (χ1n) is 12.2. The highest BCUT2D eigenvalue weighted by Gasteiger charge is 2.29. The maximum absolute atomic E-state index is 13.2. The zero-order valence-electron chi connectivity index (χ0n) is 21.0. The van der Waals surface area contributed by atoms with Gasteiger partial charge in [-0.2, -0.15) is 10.5 Å². The molecule has 1 fully saturated rings. The van der Waals surface area contributed by atoms with Gasteiger partial charge in [0.15, 0.2) is 17.7 Å². The van der Waals surface area contributed by atoms with Crippen molar-refractivity contribution in [3.05, 3.63) is 63.3 Å². The average Bonchev–Trinajstić information content (AvgIpc) is 3.30. The standard InChI is InChI=1S/C28H28N6O2/c1-5-33(16-30)23-14-24-20(13-18(23)3)26(21(15-29)28(35)32(24)4)34-10-8-19(9-11-34)27-31-22-12-17(2)6-7-25(22)36-27/h6-7,12-14,19H,5,8-11H2,1-4H3. The number of nitrogens with zero attached hydrogens (tertiary/aromatic N) is 6. The van der Waals surface area contributed by atoms with Gasteiger partial charge in [-0.15, -0.1) is 0 Å². The van der Waals surface area contributed by atoms with Crippen LogP contribution in [0.1, 0.15) is 48.3 Å². The fraction of sp³-hybridized carbons (Fsp3) is 0.357. The fourth-order valence-electron chi connectivity index (χ4n) is 5.26. The average molecular weight is 481 g/mol. The number of anilines is 2. The van der Waals surface area contributed by atoms with E-state index in [1.807, 2.05) is 51.1 Å². The van der Waals surface area contributed by atoms with Crippen molar-refractivity contribution in [2.75, 3.05) is 29.4 Å². The molecule has 3 heterocycles. The van der Waals surface area contributed by atoms with Crippen LogP contribution in [0.2, 0.25) is 0 Å². The van der Waals surface area contributed by atoms with Crippen LogP contribution in [0.15, 0.2) is 39.5 Å². The Labute approximate surface area is 209 Å². The number of hydrogen-bond donors (Lipinski definition) is 0. The lowest BCUT2D eigenvalue weighted by atomic mass is 9.95. The molecule has 1 aliphatic rings. The van der Waals surface area contributed by atoms with Crippen molar-refractivity contribution in [2.24, 2.45) is 7.05 Å². The molecule has 5 rings (SSSR count). The highest BCUT2D eigenvalue weighted by atomic mass is 16.3. The van der Waals surface area contributed by atoms with Crippen LogP contribution in [0.3, 0.4) is 0 Å². The quantitative estimate of drug-likeness (QED) is 0.304. The Balaban J connectivity index is 1.54. The highest BCUT2D eigenvalue weighted by molar-refractivity contribution is 5.97. The lowest BCUT2D eigenvalue weighted by molar-refractivity contribution is 0.407. The predicted molar refractivity (Wildman–Crippen MR) is 140 cm³/mol. The van der Waals surface area contributed by atoms with Crippen LogP contribution in [0.25, 0.3) is 22.0 Å². The number of benzene rings is 2. The minimum atomic E-state index is -0.328. The van der Waals surface area contributed by atoms with Gasteiger partial charge in [-0.3, -0.25) is 9.69 Å². The number of rotatable bonds is 4. The van der Waals surface area contributed by atoms with Gasteiger partial charge in [0.2, 0.25) is 0 Å². The van der Waals surface area contributed by atoms with Crippen molar-refractivity contribution in [1.29, 1.82) is 10.5 Å². The van der Waals surface area contributed by atoms with Gasteiger partial charge in [-0.1, -0.05) is 6.07 Å². The largest absolute Gasteiger partial charge is 0.440 e. The molecule has 0 aliphatic carbocycles. The molecule has 8 heteroatoms. The number of nitriles is 2. The van der Waals surface area contributed by atoms with Crippen LogP contribution in [0.5, 0.6) is 0 Å². The summed E-state index contributed by atoms with van der Waals surface area (Å²) in [6.07, 6.45) is 3.83. The molecule has 1 saturated heterocycles. The third-order valence-corrected chi connectivity index (χ3v) is 7.25. The first-order valence-corrected chi connectivity index (χ1v) is 12.2. The molecule has 8 nitrogen and oxygen atoms in total. The van der Waals surface area contributed by atoms with E-state index in [0.717, 1.165) is 52.0 Å². The van der Waals surface area contributed by atoms with Gasteiger partial charge in [0.05, 0.1) is 16.9 Å². The van der Waals surface area contributed by atoms with Crippen molar-refractivity contribution >= 4 is 33.4 Å². The van der Waals surface area contributed by atoms with Gasteiger partial charge in [0.25, 0.3) is 5.56 Å². The van der Waals surface area contributed by atoms with Crippen LogP contribution in [0.4, 0.5) is 11.4 Å². The Bertz CT molecular complexity index is 1630. The summed E-state index contributed by atoms with van der Waals surface area (Å²) in [5.41, 5.74) is 5.72. The number of piperidine rings is 1. The predicted octanol–water partition coefficient (Wildman–Crippen LogP) is 4.86. The Hall–Kier alpha value is -4.30. The van der Waals surface area contributed by atoms with E-state index in [4.69, 9.17) is 9.40 Å². The molecule has 36 heavy (non-hydrogen) atoms. The second-order valence-corrected chi connectivity index (χ2v) is 9.48. The minimum absolute atomic E-state index is 0.153. The number of aryl methyl sites for hydroxylation is 3. The van der Waals surface area contributed by atoms with Crippen LogP contribution < -0.4 is 15.4 Å². The molecule has 4 aromatic rings. The monoisotopic (exact) mass is 480 g/mol. The molecule has 2 aromatic heterocycles. The lowest BCUT2D eigenvalue weighted by Gasteiger charge is -2.34. The van der Waals surface area contributed by atoms with Gasteiger partial charge in [0, 0.05) is 38.0 Å². The summed E-state index contributed by atoms with van der Waals surface area (Å²) in [6.45, 7) is 7.80. The van der Waals surface area contributed by atoms with E-state index in [-0.39, 0.29) is 17.0 Å². The molecule has 1 aliphatic heterocycles. The van der Waals surface area contributed by atoms with Crippen molar-refractivity contribution in [1.82, 2.24) is 9.55 Å². The molecule has 0 unspecified atom stereocenters. The van der Waals surface area contributed by atoms with Crippen LogP contribution in [0, 0.1) is 36.6 Å². The number of aromatic nitrogens is 2. The summed E-state index contributed by atoms with van der Waals surface area (Å²) in [5.74, 6) is 0.931. The van der Waals surface area contributed by atoms with Crippen molar-refractivity contribution in [2.45, 2.75) is 39.5 Å². The summed E-state index contributed by atoms with van der Waals surface area (Å²) in [7, 11) is 1.68. The zero-order valence-corrected chi connectivity index (χ0v) is 21.0. The van der Waals surface area contributed by atoms with Gasteiger partial charge in [0.1, 0.15) is 17.1 Å². The molecule has 0 atom stereocenters.